The first kappa shape index (κ1) is 16.8. The number of nitrogens with zero attached hydrogens (tertiary/aromatic N) is 2. The fourth-order valence-electron chi connectivity index (χ4n) is 3.53. The van der Waals surface area contributed by atoms with Crippen LogP contribution in [0.3, 0.4) is 0 Å². The Morgan fingerprint density at radius 2 is 2.16 bits per heavy atom. The number of aliphatic imine (C=N–C) groups is 1. The van der Waals surface area contributed by atoms with Crippen LogP contribution >= 0.6 is 23.4 Å². The minimum absolute atomic E-state index is 0.195. The highest BCUT2D eigenvalue weighted by Crippen LogP contribution is 2.46. The topological polar surface area (TPSA) is 60.5 Å². The Hall–Kier alpha value is -1.63. The van der Waals surface area contributed by atoms with Gasteiger partial charge in [0.25, 0.3) is 0 Å². The van der Waals surface area contributed by atoms with Crippen molar-refractivity contribution in [2.75, 3.05) is 19.0 Å². The average Bonchev–Trinajstić information content (AvgIpc) is 2.61. The van der Waals surface area contributed by atoms with E-state index in [1.54, 1.807) is 18.5 Å². The second-order valence-corrected chi connectivity index (χ2v) is 7.79. The van der Waals surface area contributed by atoms with Crippen LogP contribution in [0, 0.1) is 11.7 Å². The van der Waals surface area contributed by atoms with Crippen molar-refractivity contribution in [2.24, 2.45) is 16.6 Å². The molecule has 1 aromatic heterocycles. The summed E-state index contributed by atoms with van der Waals surface area (Å²) >= 11 is 7.57. The molecular formula is C18H17ClFN3OS. The Morgan fingerprint density at radius 3 is 3.00 bits per heavy atom. The third-order valence-electron chi connectivity index (χ3n) is 4.82. The Morgan fingerprint density at radius 1 is 1.28 bits per heavy atom. The highest BCUT2D eigenvalue weighted by Gasteiger charge is 2.47. The molecule has 1 fully saturated rings. The molecule has 2 aromatic rings. The average molecular weight is 378 g/mol. The van der Waals surface area contributed by atoms with Gasteiger partial charge in [-0.15, -0.1) is 0 Å². The van der Waals surface area contributed by atoms with Crippen molar-refractivity contribution in [3.05, 3.63) is 53.1 Å². The molecule has 25 heavy (non-hydrogen) atoms. The second-order valence-electron chi connectivity index (χ2n) is 6.31. The van der Waals surface area contributed by atoms with Crippen molar-refractivity contribution in [2.45, 2.75) is 12.0 Å². The van der Waals surface area contributed by atoms with Crippen molar-refractivity contribution in [3.63, 3.8) is 0 Å². The molecule has 1 aromatic carbocycles. The highest BCUT2D eigenvalue weighted by molar-refractivity contribution is 8.13. The van der Waals surface area contributed by atoms with Gasteiger partial charge in [0.15, 0.2) is 5.17 Å². The molecule has 0 unspecified atom stereocenters. The van der Waals surface area contributed by atoms with E-state index >= 15 is 0 Å². The van der Waals surface area contributed by atoms with Crippen molar-refractivity contribution < 1.29 is 9.13 Å². The standard InChI is InChI=1S/C18H17ClFN3OS/c19-14-5-12(7-22-8-14)11-1-2-16(20)15(6-11)18-10-24-4-3-13(18)9-25-17(21)23-18/h1-2,5-8,13H,3-4,9-10H2,(H2,21,23)/t13-,18-/m0/s1. The fraction of sp³-hybridized carbons (Fsp3) is 0.333. The number of aromatic nitrogens is 1. The maximum atomic E-state index is 14.8. The van der Waals surface area contributed by atoms with Crippen LogP contribution in [-0.2, 0) is 10.3 Å². The zero-order valence-electron chi connectivity index (χ0n) is 13.4. The van der Waals surface area contributed by atoms with E-state index in [9.17, 15) is 4.39 Å². The molecule has 7 heteroatoms. The van der Waals surface area contributed by atoms with Gasteiger partial charge in [-0.2, -0.15) is 0 Å². The van der Waals surface area contributed by atoms with Gasteiger partial charge in [-0.3, -0.25) is 4.98 Å². The Bertz CT molecular complexity index is 847. The predicted octanol–water partition coefficient (Wildman–Crippen LogP) is 3.83. The van der Waals surface area contributed by atoms with Crippen LogP contribution in [0.1, 0.15) is 12.0 Å². The van der Waals surface area contributed by atoms with Crippen LogP contribution in [-0.4, -0.2) is 29.1 Å². The van der Waals surface area contributed by atoms with Crippen molar-refractivity contribution >= 4 is 28.5 Å². The molecule has 4 nitrogen and oxygen atoms in total. The minimum atomic E-state index is -0.764. The monoisotopic (exact) mass is 377 g/mol. The molecule has 0 amide bonds. The van der Waals surface area contributed by atoms with Gasteiger partial charge >= 0.3 is 0 Å². The number of benzene rings is 1. The summed E-state index contributed by atoms with van der Waals surface area (Å²) in [6.07, 6.45) is 4.12. The largest absolute Gasteiger partial charge is 0.379 e. The molecule has 2 atom stereocenters. The van der Waals surface area contributed by atoms with E-state index in [2.05, 4.69) is 9.98 Å². The SMILES string of the molecule is NC1=N[C@@]2(c3cc(-c4cncc(Cl)c4)ccc3F)COCC[C@H]2CS1. The molecule has 1 saturated heterocycles. The summed E-state index contributed by atoms with van der Waals surface area (Å²) in [5, 5.41) is 1.02. The smallest absolute Gasteiger partial charge is 0.154 e. The summed E-state index contributed by atoms with van der Waals surface area (Å²) in [6.45, 7) is 1.01. The van der Waals surface area contributed by atoms with Gasteiger partial charge in [0.1, 0.15) is 11.4 Å². The van der Waals surface area contributed by atoms with Crippen molar-refractivity contribution in [1.29, 1.82) is 0 Å². The normalized spacial score (nSPS) is 26.0. The van der Waals surface area contributed by atoms with Crippen LogP contribution in [0.2, 0.25) is 5.02 Å². The first-order chi connectivity index (χ1) is 12.1. The number of fused-ring (bicyclic) bond motifs is 1. The zero-order valence-corrected chi connectivity index (χ0v) is 15.0. The number of thioether (sulfide) groups is 1. The molecule has 4 rings (SSSR count). The predicted molar refractivity (Wildman–Crippen MR) is 99.3 cm³/mol. The van der Waals surface area contributed by atoms with Gasteiger partial charge in [-0.05, 0) is 30.2 Å². The van der Waals surface area contributed by atoms with E-state index in [0.717, 1.165) is 23.3 Å². The molecule has 0 aliphatic carbocycles. The van der Waals surface area contributed by atoms with Gasteiger partial charge in [0, 0.05) is 41.8 Å². The fourth-order valence-corrected chi connectivity index (χ4v) is 4.75. The third-order valence-corrected chi connectivity index (χ3v) is 5.98. The lowest BCUT2D eigenvalue weighted by Gasteiger charge is -2.43. The number of pyridine rings is 1. The molecular weight excluding hydrogens is 361 g/mol. The first-order valence-corrected chi connectivity index (χ1v) is 9.42. The van der Waals surface area contributed by atoms with E-state index in [1.165, 1.54) is 17.8 Å². The lowest BCUT2D eigenvalue weighted by molar-refractivity contribution is 0.00303. The summed E-state index contributed by atoms with van der Waals surface area (Å²) in [5.74, 6) is 0.722. The quantitative estimate of drug-likeness (QED) is 0.863. The molecule has 0 spiro atoms. The van der Waals surface area contributed by atoms with Crippen molar-refractivity contribution in [3.8, 4) is 11.1 Å². The number of rotatable bonds is 2. The van der Waals surface area contributed by atoms with Crippen LogP contribution in [0.5, 0.6) is 0 Å². The maximum Gasteiger partial charge on any atom is 0.154 e. The number of hydrogen-bond acceptors (Lipinski definition) is 5. The highest BCUT2D eigenvalue weighted by atomic mass is 35.5. The Labute approximate surface area is 154 Å². The number of ether oxygens (including phenoxy) is 1. The van der Waals surface area contributed by atoms with Crippen LogP contribution < -0.4 is 5.73 Å². The molecule has 0 saturated carbocycles. The summed E-state index contributed by atoms with van der Waals surface area (Å²) in [5.41, 5.74) is 7.43. The first-order valence-electron chi connectivity index (χ1n) is 8.05. The maximum absolute atomic E-state index is 14.8. The van der Waals surface area contributed by atoms with Crippen molar-refractivity contribution in [1.82, 2.24) is 4.98 Å². The number of hydrogen-bond donors (Lipinski definition) is 1. The Balaban J connectivity index is 1.86. The Kier molecular flexibility index (Phi) is 4.43. The minimum Gasteiger partial charge on any atom is -0.379 e. The van der Waals surface area contributed by atoms with E-state index < -0.39 is 5.54 Å². The van der Waals surface area contributed by atoms with E-state index in [-0.39, 0.29) is 11.7 Å². The van der Waals surface area contributed by atoms with E-state index in [0.29, 0.717) is 29.0 Å². The van der Waals surface area contributed by atoms with Gasteiger partial charge in [0.05, 0.1) is 11.6 Å². The molecule has 3 heterocycles. The van der Waals surface area contributed by atoms with E-state index in [4.69, 9.17) is 22.1 Å². The summed E-state index contributed by atoms with van der Waals surface area (Å²) in [4.78, 5) is 8.79. The molecule has 2 aliphatic heterocycles. The lowest BCUT2D eigenvalue weighted by Crippen LogP contribution is -2.48. The summed E-state index contributed by atoms with van der Waals surface area (Å²) < 4.78 is 20.5. The number of amidine groups is 1. The van der Waals surface area contributed by atoms with Gasteiger partial charge in [0.2, 0.25) is 0 Å². The van der Waals surface area contributed by atoms with Crippen LogP contribution in [0.4, 0.5) is 4.39 Å². The number of halogens is 2. The van der Waals surface area contributed by atoms with E-state index in [1.807, 2.05) is 12.1 Å². The summed E-state index contributed by atoms with van der Waals surface area (Å²) in [7, 11) is 0. The van der Waals surface area contributed by atoms with Crippen LogP contribution in [0.25, 0.3) is 11.1 Å². The summed E-state index contributed by atoms with van der Waals surface area (Å²) in [6, 6.07) is 6.84. The molecule has 130 valence electrons. The lowest BCUT2D eigenvalue weighted by atomic mass is 9.76. The molecule has 0 bridgehead atoms. The second kappa shape index (κ2) is 6.59. The van der Waals surface area contributed by atoms with Gasteiger partial charge < -0.3 is 10.5 Å². The van der Waals surface area contributed by atoms with Crippen LogP contribution in [0.15, 0.2) is 41.7 Å². The van der Waals surface area contributed by atoms with Gasteiger partial charge in [-0.25, -0.2) is 9.38 Å². The zero-order chi connectivity index (χ0) is 17.4. The molecule has 2 N–H and O–H groups in total. The molecule has 0 radical (unpaired) electrons. The third kappa shape index (κ3) is 3.03. The number of nitrogens with two attached hydrogens (primary N) is 1. The molecule has 2 aliphatic rings. The van der Waals surface area contributed by atoms with Gasteiger partial charge in [-0.1, -0.05) is 29.4 Å².